The van der Waals surface area contributed by atoms with Crippen LogP contribution in [-0.4, -0.2) is 54.4 Å². The van der Waals surface area contributed by atoms with Gasteiger partial charge in [-0.1, -0.05) is 0 Å². The van der Waals surface area contributed by atoms with E-state index in [4.69, 9.17) is 4.74 Å². The Kier molecular flexibility index (Phi) is 6.53. The smallest absolute Gasteiger partial charge is 0.194 e. The van der Waals surface area contributed by atoms with E-state index in [0.717, 1.165) is 43.9 Å². The summed E-state index contributed by atoms with van der Waals surface area (Å²) in [6, 6.07) is 1.95. The number of guanidine groups is 1. The number of hydrogen-bond donors (Lipinski definition) is 2. The van der Waals surface area contributed by atoms with Crippen LogP contribution in [0.1, 0.15) is 31.9 Å². The van der Waals surface area contributed by atoms with E-state index in [2.05, 4.69) is 39.4 Å². The van der Waals surface area contributed by atoms with Crippen LogP contribution in [0.4, 0.5) is 0 Å². The Morgan fingerprint density at radius 3 is 3.00 bits per heavy atom. The Morgan fingerprint density at radius 1 is 1.52 bits per heavy atom. The van der Waals surface area contributed by atoms with E-state index in [-0.39, 0.29) is 0 Å². The van der Waals surface area contributed by atoms with Crippen molar-refractivity contribution in [1.29, 1.82) is 0 Å². The van der Waals surface area contributed by atoms with E-state index in [0.29, 0.717) is 6.54 Å². The van der Waals surface area contributed by atoms with Crippen molar-refractivity contribution < 1.29 is 4.74 Å². The summed E-state index contributed by atoms with van der Waals surface area (Å²) >= 11 is 0. The average molecular weight is 293 g/mol. The second-order valence-corrected chi connectivity index (χ2v) is 5.52. The Labute approximate surface area is 127 Å². The maximum absolute atomic E-state index is 5.41. The van der Waals surface area contributed by atoms with Gasteiger partial charge in [-0.15, -0.1) is 0 Å². The Morgan fingerprint density at radius 2 is 2.33 bits per heavy atom. The van der Waals surface area contributed by atoms with Gasteiger partial charge in [-0.3, -0.25) is 5.10 Å². The number of ether oxygens (including phenoxy) is 1. The zero-order valence-electron chi connectivity index (χ0n) is 13.1. The molecule has 1 fully saturated rings. The van der Waals surface area contributed by atoms with Crippen molar-refractivity contribution in [2.75, 3.05) is 33.4 Å². The minimum atomic E-state index is 0.629. The van der Waals surface area contributed by atoms with E-state index in [1.807, 2.05) is 6.07 Å². The minimum Gasteiger partial charge on any atom is -0.381 e. The van der Waals surface area contributed by atoms with Gasteiger partial charge in [-0.2, -0.15) is 5.10 Å². The van der Waals surface area contributed by atoms with Gasteiger partial charge in [0.15, 0.2) is 5.96 Å². The molecular weight excluding hydrogens is 266 g/mol. The van der Waals surface area contributed by atoms with Crippen LogP contribution in [0, 0.1) is 5.92 Å². The van der Waals surface area contributed by atoms with Crippen LogP contribution in [0.2, 0.25) is 0 Å². The van der Waals surface area contributed by atoms with Crippen molar-refractivity contribution in [2.24, 2.45) is 10.9 Å². The summed E-state index contributed by atoms with van der Waals surface area (Å²) in [5.41, 5.74) is 1.03. The number of nitrogens with zero attached hydrogens (tertiary/aromatic N) is 3. The molecule has 2 N–H and O–H groups in total. The van der Waals surface area contributed by atoms with E-state index in [9.17, 15) is 0 Å². The first-order valence-electron chi connectivity index (χ1n) is 7.85. The molecule has 118 valence electrons. The molecule has 0 spiro atoms. The molecule has 1 aliphatic rings. The summed E-state index contributed by atoms with van der Waals surface area (Å²) < 4.78 is 5.41. The molecule has 0 unspecified atom stereocenters. The lowest BCUT2D eigenvalue weighted by Gasteiger charge is -2.26. The first-order chi connectivity index (χ1) is 10.3. The highest BCUT2D eigenvalue weighted by atomic mass is 16.5. The number of rotatable bonds is 6. The summed E-state index contributed by atoms with van der Waals surface area (Å²) in [7, 11) is 2.10. The Hall–Kier alpha value is -1.56. The van der Waals surface area contributed by atoms with Gasteiger partial charge in [0.2, 0.25) is 0 Å². The van der Waals surface area contributed by atoms with Crippen molar-refractivity contribution in [3.8, 4) is 0 Å². The van der Waals surface area contributed by atoms with Crippen molar-refractivity contribution in [3.05, 3.63) is 18.0 Å². The Balaban J connectivity index is 1.82. The highest BCUT2D eigenvalue weighted by Crippen LogP contribution is 2.18. The van der Waals surface area contributed by atoms with Gasteiger partial charge in [0, 0.05) is 39.5 Å². The van der Waals surface area contributed by atoms with Crippen LogP contribution in [0.5, 0.6) is 0 Å². The molecule has 0 radical (unpaired) electrons. The largest absolute Gasteiger partial charge is 0.381 e. The highest BCUT2D eigenvalue weighted by molar-refractivity contribution is 5.79. The van der Waals surface area contributed by atoms with E-state index in [1.165, 1.54) is 19.3 Å². The van der Waals surface area contributed by atoms with Gasteiger partial charge in [-0.05, 0) is 38.2 Å². The van der Waals surface area contributed by atoms with E-state index < -0.39 is 0 Å². The summed E-state index contributed by atoms with van der Waals surface area (Å²) in [6.07, 6.45) is 5.34. The summed E-state index contributed by atoms with van der Waals surface area (Å²) in [4.78, 5) is 6.87. The van der Waals surface area contributed by atoms with E-state index in [1.54, 1.807) is 6.20 Å². The molecule has 0 amide bonds. The van der Waals surface area contributed by atoms with Crippen LogP contribution in [0.25, 0.3) is 0 Å². The second kappa shape index (κ2) is 8.67. The SMILES string of the molecule is CCNC(=NCc1ccn[nH]1)N(C)CCC1CCOCC1. The molecule has 1 aliphatic heterocycles. The molecule has 2 heterocycles. The maximum atomic E-state index is 5.41. The molecule has 0 saturated carbocycles. The molecule has 6 heteroatoms. The molecule has 6 nitrogen and oxygen atoms in total. The third-order valence-electron chi connectivity index (χ3n) is 3.87. The molecule has 0 aliphatic carbocycles. The Bertz CT molecular complexity index is 412. The molecule has 1 saturated heterocycles. The fourth-order valence-corrected chi connectivity index (χ4v) is 2.52. The predicted octanol–water partition coefficient (Wildman–Crippen LogP) is 1.62. The van der Waals surface area contributed by atoms with Gasteiger partial charge in [0.25, 0.3) is 0 Å². The molecule has 0 aromatic carbocycles. The number of aromatic amines is 1. The van der Waals surface area contributed by atoms with Crippen LogP contribution in [0.15, 0.2) is 17.3 Å². The topological polar surface area (TPSA) is 65.5 Å². The number of aliphatic imine (C=N–C) groups is 1. The molecule has 0 atom stereocenters. The van der Waals surface area contributed by atoms with Crippen LogP contribution in [-0.2, 0) is 11.3 Å². The zero-order chi connectivity index (χ0) is 14.9. The number of aromatic nitrogens is 2. The molecule has 1 aromatic rings. The predicted molar refractivity (Wildman–Crippen MR) is 84.2 cm³/mol. The highest BCUT2D eigenvalue weighted by Gasteiger charge is 2.15. The van der Waals surface area contributed by atoms with Crippen molar-refractivity contribution in [3.63, 3.8) is 0 Å². The van der Waals surface area contributed by atoms with Crippen molar-refractivity contribution in [2.45, 2.75) is 32.7 Å². The van der Waals surface area contributed by atoms with Gasteiger partial charge in [-0.25, -0.2) is 4.99 Å². The molecular formula is C15H27N5O. The maximum Gasteiger partial charge on any atom is 0.194 e. The fraction of sp³-hybridized carbons (Fsp3) is 0.733. The monoisotopic (exact) mass is 293 g/mol. The molecule has 0 bridgehead atoms. The van der Waals surface area contributed by atoms with Gasteiger partial charge in [0.1, 0.15) is 0 Å². The van der Waals surface area contributed by atoms with Crippen LogP contribution < -0.4 is 5.32 Å². The lowest BCUT2D eigenvalue weighted by molar-refractivity contribution is 0.0625. The quantitative estimate of drug-likeness (QED) is 0.618. The number of hydrogen-bond acceptors (Lipinski definition) is 3. The molecule has 2 rings (SSSR count). The summed E-state index contributed by atoms with van der Waals surface area (Å²) in [6.45, 7) is 6.47. The van der Waals surface area contributed by atoms with Crippen molar-refractivity contribution in [1.82, 2.24) is 20.4 Å². The lowest BCUT2D eigenvalue weighted by atomic mass is 9.96. The minimum absolute atomic E-state index is 0.629. The fourth-order valence-electron chi connectivity index (χ4n) is 2.52. The zero-order valence-corrected chi connectivity index (χ0v) is 13.1. The normalized spacial score (nSPS) is 17.0. The van der Waals surface area contributed by atoms with Gasteiger partial charge in [0.05, 0.1) is 12.2 Å². The van der Waals surface area contributed by atoms with Gasteiger partial charge < -0.3 is 15.0 Å². The van der Waals surface area contributed by atoms with Crippen LogP contribution in [0.3, 0.4) is 0 Å². The van der Waals surface area contributed by atoms with E-state index >= 15 is 0 Å². The standard InChI is InChI=1S/C15H27N5O/c1-3-16-15(17-12-14-4-8-18-19-14)20(2)9-5-13-6-10-21-11-7-13/h4,8,13H,3,5-7,9-12H2,1-2H3,(H,16,17)(H,18,19). The first kappa shape index (κ1) is 15.8. The average Bonchev–Trinajstić information content (AvgIpc) is 3.03. The van der Waals surface area contributed by atoms with Crippen molar-refractivity contribution >= 4 is 5.96 Å². The third kappa shape index (κ3) is 5.38. The number of H-pyrrole nitrogens is 1. The van der Waals surface area contributed by atoms with Gasteiger partial charge >= 0.3 is 0 Å². The summed E-state index contributed by atoms with van der Waals surface area (Å²) in [5.74, 6) is 1.75. The third-order valence-corrected chi connectivity index (χ3v) is 3.87. The summed E-state index contributed by atoms with van der Waals surface area (Å²) in [5, 5.41) is 10.2. The lowest BCUT2D eigenvalue weighted by Crippen LogP contribution is -2.40. The first-order valence-corrected chi connectivity index (χ1v) is 7.85. The molecule has 21 heavy (non-hydrogen) atoms. The number of nitrogens with one attached hydrogen (secondary N) is 2. The van der Waals surface area contributed by atoms with Crippen LogP contribution >= 0.6 is 0 Å². The molecule has 1 aromatic heterocycles. The second-order valence-electron chi connectivity index (χ2n) is 5.52.